The van der Waals surface area contributed by atoms with Gasteiger partial charge in [-0.15, -0.1) is 11.3 Å². The third-order valence-corrected chi connectivity index (χ3v) is 6.56. The van der Waals surface area contributed by atoms with E-state index in [-0.39, 0.29) is 5.57 Å². The van der Waals surface area contributed by atoms with E-state index in [1.165, 1.54) is 24.5 Å². The zero-order valence-corrected chi connectivity index (χ0v) is 18.6. The quantitative estimate of drug-likeness (QED) is 0.324. The summed E-state index contributed by atoms with van der Waals surface area (Å²) in [6.45, 7) is 0. The van der Waals surface area contributed by atoms with E-state index >= 15 is 0 Å². The van der Waals surface area contributed by atoms with Crippen molar-refractivity contribution in [3.63, 3.8) is 0 Å². The molecule has 164 valence electrons. The Morgan fingerprint density at radius 3 is 2.76 bits per heavy atom. The number of anilines is 1. The van der Waals surface area contributed by atoms with Crippen LogP contribution in [0.3, 0.4) is 0 Å². The lowest BCUT2D eigenvalue weighted by molar-refractivity contribution is -0.112. The molecule has 2 heterocycles. The van der Waals surface area contributed by atoms with Gasteiger partial charge in [0.15, 0.2) is 0 Å². The molecule has 4 rings (SSSR count). The van der Waals surface area contributed by atoms with Gasteiger partial charge >= 0.3 is 5.97 Å². The maximum atomic E-state index is 12.8. The van der Waals surface area contributed by atoms with Gasteiger partial charge in [0.2, 0.25) is 0 Å². The number of ether oxygens (including phenoxy) is 1. The summed E-state index contributed by atoms with van der Waals surface area (Å²) >= 11 is 1.40. The summed E-state index contributed by atoms with van der Waals surface area (Å²) in [5.41, 5.74) is 2.40. The Bertz CT molecular complexity index is 1350. The fourth-order valence-electron chi connectivity index (χ4n) is 3.74. The largest absolute Gasteiger partial charge is 0.465 e. The Kier molecular flexibility index (Phi) is 6.39. The number of furan rings is 1. The van der Waals surface area contributed by atoms with Crippen LogP contribution in [0.1, 0.15) is 45.0 Å². The maximum absolute atomic E-state index is 12.8. The average Bonchev–Trinajstić information content (AvgIpc) is 3.46. The zero-order valence-electron chi connectivity index (χ0n) is 17.8. The van der Waals surface area contributed by atoms with Crippen molar-refractivity contribution in [2.24, 2.45) is 0 Å². The highest BCUT2D eigenvalue weighted by molar-refractivity contribution is 7.16. The molecular weight excluding hydrogens is 438 g/mol. The van der Waals surface area contributed by atoms with Crippen LogP contribution in [0.2, 0.25) is 0 Å². The lowest BCUT2D eigenvalue weighted by Gasteiger charge is -2.09. The highest BCUT2D eigenvalue weighted by atomic mass is 32.1. The zero-order chi connectivity index (χ0) is 23.4. The molecule has 1 amide bonds. The summed E-state index contributed by atoms with van der Waals surface area (Å²) in [6.07, 6.45) is 5.18. The number of aryl methyl sites for hydroxylation is 1. The van der Waals surface area contributed by atoms with Crippen molar-refractivity contribution in [2.75, 3.05) is 12.4 Å². The van der Waals surface area contributed by atoms with Crippen LogP contribution in [0.4, 0.5) is 5.00 Å². The van der Waals surface area contributed by atoms with Gasteiger partial charge in [-0.3, -0.25) is 4.79 Å². The molecule has 3 aromatic rings. The molecule has 0 bridgehead atoms. The first-order chi connectivity index (χ1) is 16.0. The lowest BCUT2D eigenvalue weighted by Crippen LogP contribution is -2.13. The van der Waals surface area contributed by atoms with Gasteiger partial charge in [0.25, 0.3) is 5.91 Å². The average molecular weight is 458 g/mol. The Balaban J connectivity index is 1.56. The third kappa shape index (κ3) is 4.57. The van der Waals surface area contributed by atoms with Crippen LogP contribution in [0.25, 0.3) is 17.4 Å². The topological polar surface area (TPSA) is 116 Å². The Morgan fingerprint density at radius 1 is 1.18 bits per heavy atom. The van der Waals surface area contributed by atoms with Crippen LogP contribution in [-0.2, 0) is 22.4 Å². The first kappa shape index (κ1) is 22.1. The van der Waals surface area contributed by atoms with E-state index in [1.54, 1.807) is 36.4 Å². The first-order valence-electron chi connectivity index (χ1n) is 10.3. The van der Waals surface area contributed by atoms with Gasteiger partial charge in [-0.05, 0) is 55.5 Å². The van der Waals surface area contributed by atoms with E-state index in [9.17, 15) is 20.1 Å². The second kappa shape index (κ2) is 9.56. The molecule has 0 atom stereocenters. The molecule has 33 heavy (non-hydrogen) atoms. The molecule has 0 radical (unpaired) electrons. The SMILES string of the molecule is COC(=O)c1cccc(-c2ccc(/C=C(\C#N)C(=O)Nc3sc4c(c3C#N)CCCC4)o2)c1. The predicted molar refractivity (Wildman–Crippen MR) is 123 cm³/mol. The van der Waals surface area contributed by atoms with Crippen LogP contribution in [0.15, 0.2) is 46.4 Å². The Hall–Kier alpha value is -4.14. The number of nitrogens with one attached hydrogen (secondary N) is 1. The summed E-state index contributed by atoms with van der Waals surface area (Å²) in [4.78, 5) is 25.6. The van der Waals surface area contributed by atoms with Crippen molar-refractivity contribution in [1.82, 2.24) is 0 Å². The fraction of sp³-hybridized carbons (Fsp3) is 0.200. The number of methoxy groups -OCH3 is 1. The van der Waals surface area contributed by atoms with Gasteiger partial charge in [0.1, 0.15) is 34.2 Å². The van der Waals surface area contributed by atoms with Gasteiger partial charge in [-0.2, -0.15) is 10.5 Å². The number of carbonyl (C=O) groups is 2. The molecular formula is C25H19N3O4S. The minimum Gasteiger partial charge on any atom is -0.465 e. The summed E-state index contributed by atoms with van der Waals surface area (Å²) < 4.78 is 10.5. The molecule has 1 aliphatic rings. The number of hydrogen-bond donors (Lipinski definition) is 1. The second-order valence-corrected chi connectivity index (χ2v) is 8.53. The van der Waals surface area contributed by atoms with E-state index < -0.39 is 11.9 Å². The van der Waals surface area contributed by atoms with Crippen LogP contribution in [-0.4, -0.2) is 19.0 Å². The number of nitrogens with zero attached hydrogens (tertiary/aromatic N) is 2. The maximum Gasteiger partial charge on any atom is 0.337 e. The molecule has 8 heteroatoms. The minimum atomic E-state index is -0.599. The van der Waals surface area contributed by atoms with Crippen molar-refractivity contribution in [1.29, 1.82) is 10.5 Å². The highest BCUT2D eigenvalue weighted by Crippen LogP contribution is 2.37. The van der Waals surface area contributed by atoms with Gasteiger partial charge in [0.05, 0.1) is 18.2 Å². The highest BCUT2D eigenvalue weighted by Gasteiger charge is 2.23. The smallest absolute Gasteiger partial charge is 0.337 e. The van der Waals surface area contributed by atoms with Gasteiger partial charge in [-0.25, -0.2) is 4.79 Å². The number of benzene rings is 1. The number of esters is 1. The molecule has 0 aliphatic heterocycles. The normalized spacial score (nSPS) is 12.9. The lowest BCUT2D eigenvalue weighted by atomic mass is 9.96. The predicted octanol–water partition coefficient (Wildman–Crippen LogP) is 5.09. The van der Waals surface area contributed by atoms with Crippen molar-refractivity contribution in [3.8, 4) is 23.5 Å². The van der Waals surface area contributed by atoms with E-state index in [0.29, 0.717) is 33.2 Å². The standard InChI is InChI=1S/C25H19N3O4S/c1-31-25(30)16-6-4-5-15(11-16)21-10-9-18(32-21)12-17(13-26)23(29)28-24-20(14-27)19-7-2-3-8-22(19)33-24/h4-6,9-12H,2-3,7-8H2,1H3,(H,28,29)/b17-12+. The first-order valence-corrected chi connectivity index (χ1v) is 11.1. The van der Waals surface area contributed by atoms with Crippen molar-refractivity contribution < 1.29 is 18.7 Å². The monoisotopic (exact) mass is 457 g/mol. The van der Waals surface area contributed by atoms with Gasteiger partial charge in [0, 0.05) is 16.5 Å². The molecule has 0 unspecified atom stereocenters. The van der Waals surface area contributed by atoms with Crippen molar-refractivity contribution in [3.05, 3.63) is 69.3 Å². The summed E-state index contributed by atoms with van der Waals surface area (Å²) in [7, 11) is 1.31. The molecule has 0 saturated carbocycles. The van der Waals surface area contributed by atoms with Crippen LogP contribution in [0.5, 0.6) is 0 Å². The molecule has 0 spiro atoms. The Labute approximate surface area is 194 Å². The third-order valence-electron chi connectivity index (χ3n) is 5.36. The molecule has 0 fully saturated rings. The molecule has 2 aromatic heterocycles. The summed E-state index contributed by atoms with van der Waals surface area (Å²) in [6, 6.07) is 14.2. The number of fused-ring (bicyclic) bond motifs is 1. The van der Waals surface area contributed by atoms with E-state index in [0.717, 1.165) is 36.1 Å². The number of carbonyl (C=O) groups excluding carboxylic acids is 2. The molecule has 1 aromatic carbocycles. The number of amides is 1. The fourth-order valence-corrected chi connectivity index (χ4v) is 4.97. The van der Waals surface area contributed by atoms with Gasteiger partial charge in [-0.1, -0.05) is 12.1 Å². The number of rotatable bonds is 5. The van der Waals surface area contributed by atoms with E-state index in [1.807, 2.05) is 6.07 Å². The van der Waals surface area contributed by atoms with Crippen LogP contribution in [0, 0.1) is 22.7 Å². The molecule has 0 saturated heterocycles. The van der Waals surface area contributed by atoms with Gasteiger partial charge < -0.3 is 14.5 Å². The summed E-state index contributed by atoms with van der Waals surface area (Å²) in [5.74, 6) is -0.272. The minimum absolute atomic E-state index is 0.144. The van der Waals surface area contributed by atoms with E-state index in [2.05, 4.69) is 11.4 Å². The second-order valence-electron chi connectivity index (χ2n) is 7.43. The van der Waals surface area contributed by atoms with Crippen molar-refractivity contribution in [2.45, 2.75) is 25.7 Å². The molecule has 1 N–H and O–H groups in total. The molecule has 1 aliphatic carbocycles. The number of thiophene rings is 1. The van der Waals surface area contributed by atoms with Crippen LogP contribution >= 0.6 is 11.3 Å². The van der Waals surface area contributed by atoms with Crippen LogP contribution < -0.4 is 5.32 Å². The van der Waals surface area contributed by atoms with Crippen molar-refractivity contribution >= 4 is 34.3 Å². The molecule has 7 nitrogen and oxygen atoms in total. The van der Waals surface area contributed by atoms with E-state index in [4.69, 9.17) is 9.15 Å². The summed E-state index contributed by atoms with van der Waals surface area (Å²) in [5, 5.41) is 22.3. The number of hydrogen-bond acceptors (Lipinski definition) is 7. The number of nitriles is 2. The Morgan fingerprint density at radius 2 is 2.00 bits per heavy atom.